The van der Waals surface area contributed by atoms with Crippen molar-refractivity contribution in [2.75, 3.05) is 39.6 Å². The number of hydrogen-bond donors (Lipinski definition) is 3. The summed E-state index contributed by atoms with van der Waals surface area (Å²) in [7, 11) is -9.91. The Kier molecular flexibility index (Phi) is 65.0. The van der Waals surface area contributed by atoms with Gasteiger partial charge in [-0.25, -0.2) is 9.13 Å². The predicted molar refractivity (Wildman–Crippen MR) is 391 cm³/mol. The molecule has 6 atom stereocenters. The lowest BCUT2D eigenvalue weighted by Crippen LogP contribution is -2.30. The number of carbonyl (C=O) groups is 4. The van der Waals surface area contributed by atoms with Crippen LogP contribution in [0.15, 0.2) is 0 Å². The van der Waals surface area contributed by atoms with Crippen molar-refractivity contribution in [3.63, 3.8) is 0 Å². The number of ether oxygens (including phenoxy) is 4. The SMILES string of the molecule is CCC(C)CCCCCCCCC(=O)OC[C@H](COP(=O)(O)OC[C@H](O)COP(=O)(O)OC[C@@H](COC(=O)CCCCCCCCCCCCCCCCCCC(C)C)OC(=O)CCCCCCCCCCCCCCC(C)C)OC(=O)CCCCCCCCCCCC(C)C. The number of phosphoric ester groups is 2. The van der Waals surface area contributed by atoms with Crippen molar-refractivity contribution in [2.45, 2.75) is 408 Å². The van der Waals surface area contributed by atoms with Crippen molar-refractivity contribution in [2.24, 2.45) is 23.7 Å². The minimum absolute atomic E-state index is 0.104. The van der Waals surface area contributed by atoms with Crippen LogP contribution in [0.25, 0.3) is 0 Å². The Morgan fingerprint density at radius 2 is 0.500 bits per heavy atom. The molecule has 0 saturated carbocycles. The molecule has 0 aromatic carbocycles. The molecule has 0 aromatic heterocycles. The van der Waals surface area contributed by atoms with Gasteiger partial charge in [0.2, 0.25) is 0 Å². The van der Waals surface area contributed by atoms with Gasteiger partial charge in [-0.15, -0.1) is 0 Å². The highest BCUT2D eigenvalue weighted by Gasteiger charge is 2.30. The molecule has 0 bridgehead atoms. The highest BCUT2D eigenvalue weighted by atomic mass is 31.2. The Balaban J connectivity index is 5.23. The molecule has 3 unspecified atom stereocenters. The van der Waals surface area contributed by atoms with Gasteiger partial charge in [-0.3, -0.25) is 37.3 Å². The summed E-state index contributed by atoms with van der Waals surface area (Å²) in [5.41, 5.74) is 0. The van der Waals surface area contributed by atoms with E-state index >= 15 is 0 Å². The zero-order chi connectivity index (χ0) is 71.0. The van der Waals surface area contributed by atoms with E-state index in [-0.39, 0.29) is 25.7 Å². The minimum Gasteiger partial charge on any atom is -0.462 e. The van der Waals surface area contributed by atoms with E-state index in [2.05, 4.69) is 55.4 Å². The van der Waals surface area contributed by atoms with Crippen molar-refractivity contribution >= 4 is 39.5 Å². The molecule has 0 radical (unpaired) electrons. The van der Waals surface area contributed by atoms with E-state index in [1.165, 1.54) is 186 Å². The zero-order valence-corrected chi connectivity index (χ0v) is 64.8. The summed E-state index contributed by atoms with van der Waals surface area (Å²) in [6.45, 7) is 14.2. The van der Waals surface area contributed by atoms with E-state index in [1.54, 1.807) is 0 Å². The largest absolute Gasteiger partial charge is 0.472 e. The van der Waals surface area contributed by atoms with E-state index in [4.69, 9.17) is 37.0 Å². The van der Waals surface area contributed by atoms with Crippen LogP contribution < -0.4 is 0 Å². The van der Waals surface area contributed by atoms with Crippen LogP contribution in [0.3, 0.4) is 0 Å². The van der Waals surface area contributed by atoms with Crippen molar-refractivity contribution in [1.82, 2.24) is 0 Å². The first kappa shape index (κ1) is 94.1. The van der Waals surface area contributed by atoms with Gasteiger partial charge >= 0.3 is 39.5 Å². The number of aliphatic hydroxyl groups is 1. The normalized spacial score (nSPS) is 14.4. The van der Waals surface area contributed by atoms with Crippen molar-refractivity contribution in [3.05, 3.63) is 0 Å². The Bertz CT molecular complexity index is 1890. The average molecular weight is 1410 g/mol. The number of hydrogen-bond acceptors (Lipinski definition) is 15. The van der Waals surface area contributed by atoms with Gasteiger partial charge in [0.1, 0.15) is 19.3 Å². The first-order chi connectivity index (χ1) is 46.1. The summed E-state index contributed by atoms with van der Waals surface area (Å²) in [5.74, 6) is 0.936. The van der Waals surface area contributed by atoms with Crippen LogP contribution in [0, 0.1) is 23.7 Å². The smallest absolute Gasteiger partial charge is 0.462 e. The van der Waals surface area contributed by atoms with Crippen molar-refractivity contribution in [1.29, 1.82) is 0 Å². The zero-order valence-electron chi connectivity index (χ0n) is 63.0. The Morgan fingerprint density at radius 1 is 0.292 bits per heavy atom. The second-order valence-corrected chi connectivity index (χ2v) is 32.3. The molecule has 3 N–H and O–H groups in total. The Morgan fingerprint density at radius 3 is 0.740 bits per heavy atom. The second kappa shape index (κ2) is 66.3. The Labute approximate surface area is 588 Å². The number of aliphatic hydroxyl groups excluding tert-OH is 1. The van der Waals surface area contributed by atoms with Gasteiger partial charge in [-0.05, 0) is 49.4 Å². The molecule has 0 fully saturated rings. The number of carbonyl (C=O) groups excluding carboxylic acids is 4. The van der Waals surface area contributed by atoms with Gasteiger partial charge in [0.25, 0.3) is 0 Å². The third-order valence-corrected chi connectivity index (χ3v) is 20.1. The van der Waals surface area contributed by atoms with E-state index in [1.807, 2.05) is 0 Å². The Hall–Kier alpha value is -1.94. The fourth-order valence-corrected chi connectivity index (χ4v) is 13.3. The van der Waals surface area contributed by atoms with E-state index in [9.17, 15) is 43.2 Å². The molecule has 0 aliphatic heterocycles. The molecule has 570 valence electrons. The molecule has 19 heteroatoms. The molecule has 96 heavy (non-hydrogen) atoms. The standard InChI is InChI=1S/C77H150O17P2/c1-9-70(8)56-48-40-35-36-42-50-58-75(80)88-64-73(94-77(82)60-52-44-34-28-22-25-31-39-47-55-69(6)7)66-92-96(85,86)90-62-71(78)61-89-95(83,84)91-65-72(93-76(81)59-51-43-33-27-21-17-16-19-24-30-38-46-54-68(4)5)63-87-74(79)57-49-41-32-26-20-15-13-11-10-12-14-18-23-29-37-45-53-67(2)3/h67-73,78H,9-66H2,1-8H3,(H,83,84)(H,85,86)/t70?,71-,72-,73-/m1/s1. The second-order valence-electron chi connectivity index (χ2n) is 29.4. The summed E-state index contributed by atoms with van der Waals surface area (Å²) in [6, 6.07) is 0. The lowest BCUT2D eigenvalue weighted by Gasteiger charge is -2.21. The van der Waals surface area contributed by atoms with E-state index in [0.717, 1.165) is 120 Å². The number of esters is 4. The molecular formula is C77H150O17P2. The fraction of sp³-hybridized carbons (Fsp3) is 0.948. The van der Waals surface area contributed by atoms with Gasteiger partial charge in [-0.1, -0.05) is 338 Å². The van der Waals surface area contributed by atoms with Crippen LogP contribution >= 0.6 is 15.6 Å². The summed E-state index contributed by atoms with van der Waals surface area (Å²) in [4.78, 5) is 72.8. The average Bonchev–Trinajstić information content (AvgIpc) is 2.15. The van der Waals surface area contributed by atoms with Crippen LogP contribution in [0.5, 0.6) is 0 Å². The summed E-state index contributed by atoms with van der Waals surface area (Å²) < 4.78 is 68.5. The van der Waals surface area contributed by atoms with Gasteiger partial charge in [0.15, 0.2) is 12.2 Å². The van der Waals surface area contributed by atoms with Gasteiger partial charge < -0.3 is 33.8 Å². The summed E-state index contributed by atoms with van der Waals surface area (Å²) >= 11 is 0. The maximum atomic E-state index is 13.1. The molecule has 0 aromatic rings. The molecule has 0 heterocycles. The molecule has 0 aliphatic carbocycles. The number of unbranched alkanes of at least 4 members (excludes halogenated alkanes) is 39. The minimum atomic E-state index is -4.96. The number of rotatable bonds is 74. The van der Waals surface area contributed by atoms with E-state index < -0.39 is 97.5 Å². The van der Waals surface area contributed by atoms with Crippen LogP contribution in [-0.2, 0) is 65.4 Å². The van der Waals surface area contributed by atoms with Crippen LogP contribution in [0.2, 0.25) is 0 Å². The lowest BCUT2D eigenvalue weighted by molar-refractivity contribution is -0.161. The topological polar surface area (TPSA) is 237 Å². The van der Waals surface area contributed by atoms with Gasteiger partial charge in [-0.2, -0.15) is 0 Å². The quantitative estimate of drug-likeness (QED) is 0.0222. The first-order valence-electron chi connectivity index (χ1n) is 39.7. The molecule has 0 saturated heterocycles. The van der Waals surface area contributed by atoms with Crippen molar-refractivity contribution in [3.8, 4) is 0 Å². The molecule has 0 rings (SSSR count). The highest BCUT2D eigenvalue weighted by molar-refractivity contribution is 7.47. The van der Waals surface area contributed by atoms with E-state index in [0.29, 0.717) is 25.7 Å². The third kappa shape index (κ3) is 69.2. The van der Waals surface area contributed by atoms with Crippen molar-refractivity contribution < 1.29 is 80.2 Å². The van der Waals surface area contributed by atoms with Gasteiger partial charge in [0.05, 0.1) is 26.4 Å². The van der Waals surface area contributed by atoms with Crippen LogP contribution in [0.1, 0.15) is 389 Å². The molecule has 0 aliphatic rings. The van der Waals surface area contributed by atoms with Crippen LogP contribution in [0.4, 0.5) is 0 Å². The highest BCUT2D eigenvalue weighted by Crippen LogP contribution is 2.45. The third-order valence-electron chi connectivity index (χ3n) is 18.2. The molecule has 0 amide bonds. The maximum absolute atomic E-state index is 13.1. The summed E-state index contributed by atoms with van der Waals surface area (Å²) in [6.07, 6.45) is 51.4. The molecule has 17 nitrogen and oxygen atoms in total. The first-order valence-corrected chi connectivity index (χ1v) is 42.7. The monoisotopic (exact) mass is 1410 g/mol. The number of phosphoric acid groups is 2. The maximum Gasteiger partial charge on any atom is 0.472 e. The lowest BCUT2D eigenvalue weighted by atomic mass is 10.00. The van der Waals surface area contributed by atoms with Crippen LogP contribution in [-0.4, -0.2) is 96.7 Å². The summed E-state index contributed by atoms with van der Waals surface area (Å²) in [5, 5.41) is 10.6. The molecule has 0 spiro atoms. The fourth-order valence-electron chi connectivity index (χ4n) is 11.7. The predicted octanol–water partition coefficient (Wildman–Crippen LogP) is 22.4. The van der Waals surface area contributed by atoms with Gasteiger partial charge in [0, 0.05) is 25.7 Å². The molecular weight excluding hydrogens is 1260 g/mol.